The Hall–Kier alpha value is -6.38. The van der Waals surface area contributed by atoms with E-state index < -0.39 is 13.3 Å². The van der Waals surface area contributed by atoms with Crippen molar-refractivity contribution >= 4 is 157 Å². The first kappa shape index (κ1) is 37.9. The molecule has 0 nitrogen and oxygen atoms in total. The predicted molar refractivity (Wildman–Crippen MR) is 292 cm³/mol. The van der Waals surface area contributed by atoms with Gasteiger partial charge in [0.1, 0.15) is 0 Å². The molecule has 0 saturated heterocycles. The summed E-state index contributed by atoms with van der Waals surface area (Å²) in [4.78, 5) is 0. The first-order valence-corrected chi connectivity index (χ1v) is 29.5. The third kappa shape index (κ3) is 5.53. The first-order chi connectivity index (χ1) is 32.3. The van der Waals surface area contributed by atoms with Crippen LogP contribution in [0.15, 0.2) is 218 Å². The van der Waals surface area contributed by atoms with E-state index in [1.165, 1.54) is 121 Å². The fraction of sp³-hybridized carbons (Fsp3) is 0. The number of fused-ring (bicyclic) bond motifs is 12. The Kier molecular flexibility index (Phi) is 8.66. The SMILES string of the molecule is c1cc[c]([Ge]([c]2ccccc2)([c]2cccc3c2sc2c(-c4cccc5c4sc4ccccc45)cccc23)[c]2cccc3c2sc2c(-c4cccc5c4sc4ccccc45)cccc23)cc1. The van der Waals surface area contributed by atoms with Crippen LogP contribution in [0.5, 0.6) is 0 Å². The maximum absolute atomic E-state index is 3.90. The standard InChI is InChI=1S/C60H36GeS4/c1-3-17-37(18-4-1)61(38-19-5-2-6-20-38,51-33-15-31-49-47-29-13-27-45(57(47)64-59(49)51)43-25-11-23-41-39-21-7-9-35-53(39)62-55(41)43)52-34-16-32-50-48-30-14-28-46(58(48)65-60(50)52)44-26-12-24-42-40-22-8-10-36-54(40)63-56(42)44/h1-36H. The third-order valence-electron chi connectivity index (χ3n) is 13.7. The van der Waals surface area contributed by atoms with Gasteiger partial charge in [-0.3, -0.25) is 0 Å². The van der Waals surface area contributed by atoms with E-state index >= 15 is 0 Å². The molecule has 0 amide bonds. The van der Waals surface area contributed by atoms with E-state index in [-0.39, 0.29) is 0 Å². The summed E-state index contributed by atoms with van der Waals surface area (Å²) in [6.45, 7) is 0. The van der Waals surface area contributed by atoms with Gasteiger partial charge < -0.3 is 0 Å². The molecule has 0 saturated carbocycles. The monoisotopic (exact) mass is 958 g/mol. The van der Waals surface area contributed by atoms with Gasteiger partial charge in [0.2, 0.25) is 0 Å². The number of benzene rings is 10. The van der Waals surface area contributed by atoms with E-state index in [1.54, 1.807) is 0 Å². The topological polar surface area (TPSA) is 0 Å². The van der Waals surface area contributed by atoms with Gasteiger partial charge in [0, 0.05) is 0 Å². The Morgan fingerprint density at radius 3 is 0.908 bits per heavy atom. The molecule has 0 bridgehead atoms. The summed E-state index contributed by atoms with van der Waals surface area (Å²) in [6.07, 6.45) is 0. The van der Waals surface area contributed by atoms with Crippen LogP contribution in [0.2, 0.25) is 0 Å². The van der Waals surface area contributed by atoms with Crippen molar-refractivity contribution in [2.24, 2.45) is 0 Å². The van der Waals surface area contributed by atoms with Gasteiger partial charge in [-0.15, -0.1) is 0 Å². The van der Waals surface area contributed by atoms with Crippen molar-refractivity contribution in [3.8, 4) is 22.3 Å². The molecule has 0 atom stereocenters. The van der Waals surface area contributed by atoms with Crippen LogP contribution in [0.25, 0.3) is 103 Å². The fourth-order valence-corrected chi connectivity index (χ4v) is 28.3. The van der Waals surface area contributed by atoms with Gasteiger partial charge in [0.05, 0.1) is 0 Å². The van der Waals surface area contributed by atoms with Crippen molar-refractivity contribution in [3.63, 3.8) is 0 Å². The number of thiophene rings is 4. The molecule has 0 N–H and O–H groups in total. The quantitative estimate of drug-likeness (QED) is 0.146. The van der Waals surface area contributed by atoms with Crippen LogP contribution in [0.1, 0.15) is 0 Å². The molecule has 10 aromatic carbocycles. The molecule has 4 aromatic heterocycles. The van der Waals surface area contributed by atoms with Crippen molar-refractivity contribution in [2.45, 2.75) is 0 Å². The second kappa shape index (κ2) is 14.8. The summed E-state index contributed by atoms with van der Waals surface area (Å²) in [6, 6.07) is 83.1. The van der Waals surface area contributed by atoms with Crippen molar-refractivity contribution in [2.75, 3.05) is 0 Å². The summed E-state index contributed by atoms with van der Waals surface area (Å²) in [5, 5.41) is 10.7. The van der Waals surface area contributed by atoms with Crippen LogP contribution in [0.4, 0.5) is 0 Å². The van der Waals surface area contributed by atoms with Crippen LogP contribution in [-0.4, -0.2) is 13.3 Å². The average molecular weight is 958 g/mol. The van der Waals surface area contributed by atoms with Gasteiger partial charge in [0.15, 0.2) is 0 Å². The van der Waals surface area contributed by atoms with E-state index in [0.717, 1.165) is 0 Å². The Labute approximate surface area is 394 Å². The van der Waals surface area contributed by atoms with E-state index in [9.17, 15) is 0 Å². The minimum atomic E-state index is -3.90. The number of hydrogen-bond acceptors (Lipinski definition) is 4. The molecule has 0 fully saturated rings. The van der Waals surface area contributed by atoms with Gasteiger partial charge in [0.25, 0.3) is 0 Å². The summed E-state index contributed by atoms with van der Waals surface area (Å²) < 4.78 is 16.8. The van der Waals surface area contributed by atoms with Crippen LogP contribution < -0.4 is 17.6 Å². The maximum atomic E-state index is 2.50. The Morgan fingerprint density at radius 2 is 0.508 bits per heavy atom. The van der Waals surface area contributed by atoms with Crippen molar-refractivity contribution in [1.29, 1.82) is 0 Å². The van der Waals surface area contributed by atoms with Gasteiger partial charge in [-0.05, 0) is 0 Å². The average Bonchev–Trinajstić information content (AvgIpc) is 4.16. The Balaban J connectivity index is 1.07. The molecule has 304 valence electrons. The molecule has 14 rings (SSSR count). The number of hydrogen-bond donors (Lipinski definition) is 0. The molecule has 0 aliphatic carbocycles. The molecule has 5 heteroatoms. The molecule has 0 spiro atoms. The third-order valence-corrected chi connectivity index (χ3v) is 29.6. The molecule has 0 aliphatic rings. The summed E-state index contributed by atoms with van der Waals surface area (Å²) in [7, 11) is 0. The minimum absolute atomic E-state index is 1.32. The van der Waals surface area contributed by atoms with E-state index in [4.69, 9.17) is 0 Å². The van der Waals surface area contributed by atoms with Crippen LogP contribution in [0, 0.1) is 0 Å². The van der Waals surface area contributed by atoms with Crippen LogP contribution in [0.3, 0.4) is 0 Å². The van der Waals surface area contributed by atoms with Gasteiger partial charge >= 0.3 is 398 Å². The Bertz CT molecular complexity index is 3920. The summed E-state index contributed by atoms with van der Waals surface area (Å²) in [5.74, 6) is 0. The molecule has 0 radical (unpaired) electrons. The Morgan fingerprint density at radius 1 is 0.215 bits per heavy atom. The summed E-state index contributed by atoms with van der Waals surface area (Å²) >= 11 is 3.95. The molecule has 0 unspecified atom stereocenters. The summed E-state index contributed by atoms with van der Waals surface area (Å²) in [5.41, 5.74) is 5.27. The second-order valence-electron chi connectivity index (χ2n) is 17.0. The van der Waals surface area contributed by atoms with Crippen LogP contribution >= 0.6 is 45.3 Å². The van der Waals surface area contributed by atoms with Crippen molar-refractivity contribution in [1.82, 2.24) is 0 Å². The molecule has 65 heavy (non-hydrogen) atoms. The molecule has 0 aliphatic heterocycles. The molecule has 4 heterocycles. The molecule has 14 aromatic rings. The van der Waals surface area contributed by atoms with E-state index in [2.05, 4.69) is 218 Å². The normalized spacial score (nSPS) is 12.3. The van der Waals surface area contributed by atoms with Gasteiger partial charge in [-0.25, -0.2) is 0 Å². The van der Waals surface area contributed by atoms with Crippen molar-refractivity contribution in [3.05, 3.63) is 218 Å². The predicted octanol–water partition coefficient (Wildman–Crippen LogP) is 15.9. The molecular formula is C60H36GeS4. The van der Waals surface area contributed by atoms with Gasteiger partial charge in [-0.1, -0.05) is 0 Å². The zero-order chi connectivity index (χ0) is 42.6. The molecular weight excluding hydrogens is 922 g/mol. The fourth-order valence-electron chi connectivity index (χ4n) is 10.9. The zero-order valence-corrected chi connectivity index (χ0v) is 40.3. The second-order valence-corrected chi connectivity index (χ2v) is 29.0. The zero-order valence-electron chi connectivity index (χ0n) is 34.9. The van der Waals surface area contributed by atoms with E-state index in [1.807, 2.05) is 45.3 Å². The number of rotatable bonds is 6. The first-order valence-electron chi connectivity index (χ1n) is 22.1. The van der Waals surface area contributed by atoms with Crippen molar-refractivity contribution < 1.29 is 0 Å². The van der Waals surface area contributed by atoms with Crippen LogP contribution in [-0.2, 0) is 0 Å². The van der Waals surface area contributed by atoms with Gasteiger partial charge in [-0.2, -0.15) is 0 Å². The van der Waals surface area contributed by atoms with E-state index in [0.29, 0.717) is 0 Å².